The quantitative estimate of drug-likeness (QED) is 0.282. The lowest BCUT2D eigenvalue weighted by atomic mass is 10.2. The maximum atomic E-state index is 13.3. The highest BCUT2D eigenvalue weighted by Gasteiger charge is 2.15. The van der Waals surface area contributed by atoms with Crippen LogP contribution < -0.4 is 20.3 Å². The van der Waals surface area contributed by atoms with E-state index >= 15 is 0 Å². The first-order valence-electron chi connectivity index (χ1n) is 10.2. The second-order valence-electron chi connectivity index (χ2n) is 7.05. The molecule has 2 aromatic rings. The van der Waals surface area contributed by atoms with Crippen molar-refractivity contribution in [3.8, 4) is 5.75 Å². The van der Waals surface area contributed by atoms with Crippen molar-refractivity contribution in [2.45, 2.75) is 38.7 Å². The molecule has 1 aromatic heterocycles. The predicted octanol–water partition coefficient (Wildman–Crippen LogP) is 4.07. The Morgan fingerprint density at radius 1 is 1.33 bits per heavy atom. The molecule has 0 aliphatic carbocycles. The molecule has 1 unspecified atom stereocenters. The second-order valence-corrected chi connectivity index (χ2v) is 7.89. The molecule has 2 heterocycles. The highest BCUT2D eigenvalue weighted by atomic mass is 127. The van der Waals surface area contributed by atoms with Crippen LogP contribution in [-0.2, 0) is 6.42 Å². The van der Waals surface area contributed by atoms with Gasteiger partial charge in [0.25, 0.3) is 0 Å². The zero-order valence-electron chi connectivity index (χ0n) is 17.6. The third-order valence-electron chi connectivity index (χ3n) is 4.86. The minimum Gasteiger partial charge on any atom is -0.489 e. The number of benzene rings is 1. The number of hydrogen-bond donors (Lipinski definition) is 2. The Hall–Kier alpha value is -1.62. The van der Waals surface area contributed by atoms with Crippen LogP contribution in [-0.4, -0.2) is 50.3 Å². The molecule has 30 heavy (non-hydrogen) atoms. The van der Waals surface area contributed by atoms with Crippen LogP contribution in [0, 0.1) is 5.82 Å². The molecule has 6 nitrogen and oxygen atoms in total. The molecule has 3 rings (SSSR count). The molecule has 0 saturated carbocycles. The number of rotatable bonds is 9. The van der Waals surface area contributed by atoms with Crippen molar-refractivity contribution in [3.05, 3.63) is 41.2 Å². The summed E-state index contributed by atoms with van der Waals surface area (Å²) in [6.07, 6.45) is 4.11. The summed E-state index contributed by atoms with van der Waals surface area (Å²) in [7, 11) is 1.75. The van der Waals surface area contributed by atoms with Crippen molar-refractivity contribution in [1.82, 2.24) is 15.6 Å². The van der Waals surface area contributed by atoms with E-state index in [1.165, 1.54) is 25.0 Å². The number of ether oxygens (including phenoxy) is 1. The average Bonchev–Trinajstić information content (AvgIpc) is 3.41. The minimum atomic E-state index is -0.294. The molecule has 1 aliphatic heterocycles. The maximum absolute atomic E-state index is 13.3. The number of aliphatic imine (C=N–C) groups is 1. The molecule has 166 valence electrons. The van der Waals surface area contributed by atoms with Gasteiger partial charge in [0.05, 0.1) is 12.2 Å². The van der Waals surface area contributed by atoms with Gasteiger partial charge in [-0.3, -0.25) is 4.99 Å². The Kier molecular flexibility index (Phi) is 10.6. The molecule has 9 heteroatoms. The van der Waals surface area contributed by atoms with E-state index in [0.717, 1.165) is 49.3 Å². The van der Waals surface area contributed by atoms with Crippen LogP contribution in [0.3, 0.4) is 0 Å². The molecule has 0 bridgehead atoms. The number of thiazole rings is 1. The summed E-state index contributed by atoms with van der Waals surface area (Å²) in [4.78, 5) is 11.4. The van der Waals surface area contributed by atoms with Gasteiger partial charge in [-0.05, 0) is 31.4 Å². The zero-order valence-corrected chi connectivity index (χ0v) is 20.7. The summed E-state index contributed by atoms with van der Waals surface area (Å²) in [5, 5.41) is 9.89. The van der Waals surface area contributed by atoms with Gasteiger partial charge in [0, 0.05) is 44.5 Å². The van der Waals surface area contributed by atoms with Crippen LogP contribution in [0.2, 0.25) is 0 Å². The molecule has 1 atom stereocenters. The smallest absolute Gasteiger partial charge is 0.191 e. The Labute approximate surface area is 199 Å². The number of aromatic nitrogens is 1. The largest absolute Gasteiger partial charge is 0.489 e. The van der Waals surface area contributed by atoms with Gasteiger partial charge in [-0.2, -0.15) is 0 Å². The average molecular weight is 547 g/mol. The Morgan fingerprint density at radius 3 is 2.83 bits per heavy atom. The Bertz CT molecular complexity index is 797. The van der Waals surface area contributed by atoms with E-state index in [4.69, 9.17) is 9.72 Å². The minimum absolute atomic E-state index is 0. The summed E-state index contributed by atoms with van der Waals surface area (Å²) in [6, 6.07) is 6.23. The van der Waals surface area contributed by atoms with Crippen LogP contribution in [0.1, 0.15) is 31.9 Å². The standard InChI is InChI=1S/C21H30FN5OS.HI/c1-3-18(28-19-8-6-7-16(22)13-19)14-25-20(23-2)24-10-9-17-15-29-21(26-17)27-11-4-5-12-27;/h6-8,13,15,18H,3-5,9-12,14H2,1-2H3,(H2,23,24,25);1H. The molecule has 0 radical (unpaired) electrons. The predicted molar refractivity (Wildman–Crippen MR) is 133 cm³/mol. The van der Waals surface area contributed by atoms with Gasteiger partial charge >= 0.3 is 0 Å². The van der Waals surface area contributed by atoms with E-state index in [1.54, 1.807) is 30.5 Å². The fourth-order valence-corrected chi connectivity index (χ4v) is 4.12. The Morgan fingerprint density at radius 2 is 2.13 bits per heavy atom. The number of hydrogen-bond acceptors (Lipinski definition) is 5. The van der Waals surface area contributed by atoms with Crippen LogP contribution in [0.4, 0.5) is 9.52 Å². The van der Waals surface area contributed by atoms with Crippen molar-refractivity contribution in [1.29, 1.82) is 0 Å². The molecule has 2 N–H and O–H groups in total. The second kappa shape index (κ2) is 12.9. The normalized spacial score (nSPS) is 14.9. The van der Waals surface area contributed by atoms with Crippen molar-refractivity contribution in [2.24, 2.45) is 4.99 Å². The molecular weight excluding hydrogens is 516 g/mol. The topological polar surface area (TPSA) is 61.8 Å². The lowest BCUT2D eigenvalue weighted by Gasteiger charge is -2.20. The number of anilines is 1. The SMILES string of the molecule is CCC(CNC(=NC)NCCc1csc(N2CCCC2)n1)Oc1cccc(F)c1.I. The number of nitrogens with one attached hydrogen (secondary N) is 2. The lowest BCUT2D eigenvalue weighted by molar-refractivity contribution is 0.199. The summed E-state index contributed by atoms with van der Waals surface area (Å²) >= 11 is 1.73. The van der Waals surface area contributed by atoms with Crippen molar-refractivity contribution >= 4 is 46.4 Å². The molecular formula is C21H31FIN5OS. The van der Waals surface area contributed by atoms with Gasteiger partial charge in [-0.15, -0.1) is 35.3 Å². The molecule has 1 aromatic carbocycles. The highest BCUT2D eigenvalue weighted by molar-refractivity contribution is 14.0. The van der Waals surface area contributed by atoms with Crippen molar-refractivity contribution in [2.75, 3.05) is 38.1 Å². The van der Waals surface area contributed by atoms with Gasteiger partial charge < -0.3 is 20.3 Å². The fraction of sp³-hybridized carbons (Fsp3) is 0.524. The maximum Gasteiger partial charge on any atom is 0.191 e. The van der Waals surface area contributed by atoms with Gasteiger partial charge in [-0.1, -0.05) is 13.0 Å². The fourth-order valence-electron chi connectivity index (χ4n) is 3.21. The first kappa shape index (κ1) is 24.6. The summed E-state index contributed by atoms with van der Waals surface area (Å²) in [6.45, 7) is 5.63. The summed E-state index contributed by atoms with van der Waals surface area (Å²) < 4.78 is 19.2. The third kappa shape index (κ3) is 7.57. The van der Waals surface area contributed by atoms with E-state index in [9.17, 15) is 4.39 Å². The van der Waals surface area contributed by atoms with Crippen LogP contribution in [0.15, 0.2) is 34.6 Å². The number of halogens is 2. The summed E-state index contributed by atoms with van der Waals surface area (Å²) in [5.41, 5.74) is 1.11. The van der Waals surface area contributed by atoms with Gasteiger partial charge in [0.2, 0.25) is 0 Å². The molecule has 1 saturated heterocycles. The molecule has 1 fully saturated rings. The Balaban J connectivity index is 0.00000320. The van der Waals surface area contributed by atoms with Crippen LogP contribution in [0.25, 0.3) is 0 Å². The van der Waals surface area contributed by atoms with Crippen molar-refractivity contribution < 1.29 is 9.13 Å². The zero-order chi connectivity index (χ0) is 20.5. The molecule has 1 aliphatic rings. The van der Waals surface area contributed by atoms with Crippen molar-refractivity contribution in [3.63, 3.8) is 0 Å². The monoisotopic (exact) mass is 547 g/mol. The lowest BCUT2D eigenvalue weighted by Crippen LogP contribution is -2.43. The van der Waals surface area contributed by atoms with E-state index < -0.39 is 0 Å². The first-order valence-corrected chi connectivity index (χ1v) is 11.1. The number of nitrogens with zero attached hydrogens (tertiary/aromatic N) is 3. The van der Waals surface area contributed by atoms with Gasteiger partial charge in [0.1, 0.15) is 17.7 Å². The third-order valence-corrected chi connectivity index (χ3v) is 5.81. The van der Waals surface area contributed by atoms with E-state index in [0.29, 0.717) is 12.3 Å². The van der Waals surface area contributed by atoms with Crippen LogP contribution in [0.5, 0.6) is 5.75 Å². The molecule has 0 spiro atoms. The van der Waals surface area contributed by atoms with Gasteiger partial charge in [0.15, 0.2) is 11.1 Å². The van der Waals surface area contributed by atoms with E-state index in [1.807, 2.05) is 6.92 Å². The van der Waals surface area contributed by atoms with Crippen LogP contribution >= 0.6 is 35.3 Å². The highest BCUT2D eigenvalue weighted by Crippen LogP contribution is 2.24. The van der Waals surface area contributed by atoms with Gasteiger partial charge in [-0.25, -0.2) is 9.37 Å². The number of guanidine groups is 1. The molecule has 0 amide bonds. The first-order chi connectivity index (χ1) is 14.2. The summed E-state index contributed by atoms with van der Waals surface area (Å²) in [5.74, 6) is 0.970. The van der Waals surface area contributed by atoms with E-state index in [2.05, 4.69) is 25.9 Å². The van der Waals surface area contributed by atoms with E-state index in [-0.39, 0.29) is 35.9 Å².